The highest BCUT2D eigenvalue weighted by Crippen LogP contribution is 2.22. The van der Waals surface area contributed by atoms with Gasteiger partial charge in [0.05, 0.1) is 18.2 Å². The van der Waals surface area contributed by atoms with E-state index in [4.69, 9.17) is 16.2 Å². The summed E-state index contributed by atoms with van der Waals surface area (Å²) in [5.74, 6) is -1.88. The fourth-order valence-electron chi connectivity index (χ4n) is 2.85. The predicted octanol–water partition coefficient (Wildman–Crippen LogP) is 0.908. The van der Waals surface area contributed by atoms with Gasteiger partial charge in [-0.25, -0.2) is 5.48 Å². The SMILES string of the molecule is C[C@@H](O)[C@H](NC(=O)c1ccc(-c2ccc(NC(=O)[C@@H](N)CCC#N)cc2)cc1)C(=O)NO. The third-order valence-electron chi connectivity index (χ3n) is 4.70. The highest BCUT2D eigenvalue weighted by Gasteiger charge is 2.25. The lowest BCUT2D eigenvalue weighted by atomic mass is 10.0. The number of benzene rings is 2. The van der Waals surface area contributed by atoms with E-state index in [-0.39, 0.29) is 24.3 Å². The van der Waals surface area contributed by atoms with Crippen molar-refractivity contribution in [1.82, 2.24) is 10.8 Å². The quantitative estimate of drug-likeness (QED) is 0.248. The van der Waals surface area contributed by atoms with E-state index in [2.05, 4.69) is 10.6 Å². The van der Waals surface area contributed by atoms with Gasteiger partial charge in [-0.2, -0.15) is 5.26 Å². The van der Waals surface area contributed by atoms with Crippen LogP contribution in [0.3, 0.4) is 0 Å². The van der Waals surface area contributed by atoms with Crippen LogP contribution in [0.1, 0.15) is 30.1 Å². The molecule has 7 N–H and O–H groups in total. The van der Waals surface area contributed by atoms with Crippen LogP contribution in [0.15, 0.2) is 48.5 Å². The number of amides is 3. The lowest BCUT2D eigenvalue weighted by molar-refractivity contribution is -0.133. The van der Waals surface area contributed by atoms with E-state index in [1.165, 1.54) is 12.4 Å². The minimum Gasteiger partial charge on any atom is -0.391 e. The van der Waals surface area contributed by atoms with E-state index in [0.29, 0.717) is 5.69 Å². The number of nitrogens with one attached hydrogen (secondary N) is 3. The molecule has 2 aromatic rings. The molecule has 0 aliphatic heterocycles. The Morgan fingerprint density at radius 2 is 1.59 bits per heavy atom. The minimum atomic E-state index is -1.30. The molecule has 32 heavy (non-hydrogen) atoms. The number of hydroxylamine groups is 1. The lowest BCUT2D eigenvalue weighted by Crippen LogP contribution is -2.51. The maximum absolute atomic E-state index is 12.3. The van der Waals surface area contributed by atoms with Gasteiger partial charge in [0.2, 0.25) is 5.91 Å². The number of hydrogen-bond acceptors (Lipinski definition) is 7. The third kappa shape index (κ3) is 6.61. The predicted molar refractivity (Wildman–Crippen MR) is 116 cm³/mol. The fourth-order valence-corrected chi connectivity index (χ4v) is 2.85. The van der Waals surface area contributed by atoms with Crippen molar-refractivity contribution in [2.75, 3.05) is 5.32 Å². The van der Waals surface area contributed by atoms with Crippen LogP contribution in [0, 0.1) is 11.3 Å². The van der Waals surface area contributed by atoms with Crippen molar-refractivity contribution >= 4 is 23.4 Å². The number of hydrogen-bond donors (Lipinski definition) is 6. The number of aliphatic hydroxyl groups is 1. The summed E-state index contributed by atoms with van der Waals surface area (Å²) < 4.78 is 0. The van der Waals surface area contributed by atoms with Crippen LogP contribution in [0.2, 0.25) is 0 Å². The van der Waals surface area contributed by atoms with Crippen LogP contribution in [0.5, 0.6) is 0 Å². The molecule has 3 amide bonds. The van der Waals surface area contributed by atoms with Gasteiger partial charge in [-0.3, -0.25) is 19.6 Å². The molecule has 0 aliphatic carbocycles. The second-order valence-corrected chi connectivity index (χ2v) is 7.12. The molecule has 0 saturated carbocycles. The van der Waals surface area contributed by atoms with Gasteiger partial charge in [0.1, 0.15) is 6.04 Å². The van der Waals surface area contributed by atoms with E-state index in [1.54, 1.807) is 48.5 Å². The van der Waals surface area contributed by atoms with Crippen molar-refractivity contribution in [2.45, 2.75) is 38.0 Å². The number of anilines is 1. The number of rotatable bonds is 9. The Morgan fingerprint density at radius 3 is 2.09 bits per heavy atom. The normalized spacial score (nSPS) is 13.2. The lowest BCUT2D eigenvalue weighted by Gasteiger charge is -2.19. The highest BCUT2D eigenvalue weighted by molar-refractivity contribution is 5.98. The first kappa shape index (κ1) is 24.5. The van der Waals surface area contributed by atoms with E-state index in [1.807, 2.05) is 6.07 Å². The molecule has 0 spiro atoms. The Morgan fingerprint density at radius 1 is 1.03 bits per heavy atom. The molecule has 0 saturated heterocycles. The molecule has 2 rings (SSSR count). The Balaban J connectivity index is 2.03. The molecule has 0 fully saturated rings. The van der Waals surface area contributed by atoms with Crippen LogP contribution >= 0.6 is 0 Å². The zero-order valence-electron chi connectivity index (χ0n) is 17.4. The number of aliphatic hydroxyl groups excluding tert-OH is 1. The highest BCUT2D eigenvalue weighted by atomic mass is 16.5. The van der Waals surface area contributed by atoms with Crippen LogP contribution in [0.4, 0.5) is 5.69 Å². The summed E-state index contributed by atoms with van der Waals surface area (Å²) in [5.41, 5.74) is 9.62. The van der Waals surface area contributed by atoms with E-state index < -0.39 is 30.0 Å². The van der Waals surface area contributed by atoms with Crippen molar-refractivity contribution < 1.29 is 24.7 Å². The maximum atomic E-state index is 12.3. The molecule has 10 heteroatoms. The zero-order valence-corrected chi connectivity index (χ0v) is 17.4. The second-order valence-electron chi connectivity index (χ2n) is 7.12. The van der Waals surface area contributed by atoms with Crippen molar-refractivity contribution in [1.29, 1.82) is 5.26 Å². The Bertz CT molecular complexity index is 983. The van der Waals surface area contributed by atoms with Gasteiger partial charge in [0, 0.05) is 17.7 Å². The monoisotopic (exact) mass is 439 g/mol. The van der Waals surface area contributed by atoms with Crippen molar-refractivity contribution in [3.63, 3.8) is 0 Å². The molecular weight excluding hydrogens is 414 g/mol. The first-order valence-corrected chi connectivity index (χ1v) is 9.83. The average Bonchev–Trinajstić information content (AvgIpc) is 2.80. The topological polar surface area (TPSA) is 178 Å². The Hall–Kier alpha value is -3.78. The summed E-state index contributed by atoms with van der Waals surface area (Å²) >= 11 is 0. The summed E-state index contributed by atoms with van der Waals surface area (Å²) in [7, 11) is 0. The number of nitrogens with two attached hydrogens (primary N) is 1. The third-order valence-corrected chi connectivity index (χ3v) is 4.70. The minimum absolute atomic E-state index is 0.204. The number of carbonyl (C=O) groups is 3. The molecule has 0 unspecified atom stereocenters. The van der Waals surface area contributed by atoms with Gasteiger partial charge < -0.3 is 21.5 Å². The summed E-state index contributed by atoms with van der Waals surface area (Å²) in [6.45, 7) is 1.31. The summed E-state index contributed by atoms with van der Waals surface area (Å²) in [4.78, 5) is 35.9. The molecule has 0 aliphatic rings. The first-order chi connectivity index (χ1) is 15.3. The summed E-state index contributed by atoms with van der Waals surface area (Å²) in [6.07, 6.45) is -0.718. The van der Waals surface area contributed by atoms with Crippen LogP contribution in [-0.4, -0.2) is 46.2 Å². The molecule has 0 radical (unpaired) electrons. The zero-order chi connectivity index (χ0) is 23.7. The Labute approximate surface area is 185 Å². The number of nitriles is 1. The second kappa shape index (κ2) is 11.6. The molecule has 0 heterocycles. The molecule has 3 atom stereocenters. The van der Waals surface area contributed by atoms with Gasteiger partial charge in [-0.1, -0.05) is 24.3 Å². The average molecular weight is 439 g/mol. The molecule has 2 aromatic carbocycles. The smallest absolute Gasteiger partial charge is 0.268 e. The summed E-state index contributed by atoms with van der Waals surface area (Å²) in [5, 5.41) is 32.0. The van der Waals surface area contributed by atoms with Gasteiger partial charge in [-0.15, -0.1) is 0 Å². The Kier molecular flexibility index (Phi) is 8.85. The van der Waals surface area contributed by atoms with Gasteiger partial charge in [0.15, 0.2) is 0 Å². The van der Waals surface area contributed by atoms with Crippen LogP contribution in [0.25, 0.3) is 11.1 Å². The van der Waals surface area contributed by atoms with Crippen molar-refractivity contribution in [2.24, 2.45) is 5.73 Å². The van der Waals surface area contributed by atoms with E-state index in [9.17, 15) is 19.5 Å². The largest absolute Gasteiger partial charge is 0.391 e. The molecule has 168 valence electrons. The molecule has 0 aromatic heterocycles. The summed E-state index contributed by atoms with van der Waals surface area (Å²) in [6, 6.07) is 13.4. The molecular formula is C22H25N5O5. The van der Waals surface area contributed by atoms with E-state index in [0.717, 1.165) is 11.1 Å². The molecule has 0 bridgehead atoms. The standard InChI is InChI=1S/C22H25N5O5/c1-13(28)19(22(31)27-32)26-20(29)16-6-4-14(5-7-16)15-8-10-17(11-9-15)25-21(30)18(24)3-2-12-23/h4-11,13,18-19,28,32H,2-3,24H2,1H3,(H,25,30)(H,26,29)(H,27,31)/t13-,18+,19+/m1/s1. The fraction of sp³-hybridized carbons (Fsp3) is 0.273. The van der Waals surface area contributed by atoms with Gasteiger partial charge in [0.25, 0.3) is 11.8 Å². The number of carbonyl (C=O) groups excluding carboxylic acids is 3. The van der Waals surface area contributed by atoms with Crippen molar-refractivity contribution in [3.05, 3.63) is 54.1 Å². The van der Waals surface area contributed by atoms with Crippen LogP contribution in [-0.2, 0) is 9.59 Å². The first-order valence-electron chi connectivity index (χ1n) is 9.83. The maximum Gasteiger partial charge on any atom is 0.268 e. The van der Waals surface area contributed by atoms with Crippen LogP contribution < -0.4 is 21.8 Å². The molecule has 10 nitrogen and oxygen atoms in total. The van der Waals surface area contributed by atoms with Gasteiger partial charge in [-0.05, 0) is 48.7 Å². The van der Waals surface area contributed by atoms with Gasteiger partial charge >= 0.3 is 0 Å². The number of nitrogens with zero attached hydrogens (tertiary/aromatic N) is 1. The van der Waals surface area contributed by atoms with Crippen molar-refractivity contribution in [3.8, 4) is 17.2 Å². The van der Waals surface area contributed by atoms with E-state index >= 15 is 0 Å².